The number of hydrogen-bond donors (Lipinski definition) is 4. The number of nitrogens with two attached hydrogens (primary N) is 2. The van der Waals surface area contributed by atoms with Crippen LogP contribution in [-0.4, -0.2) is 15.0 Å². The number of anilines is 2. The Hall–Kier alpha value is -2.97. The van der Waals surface area contributed by atoms with E-state index in [1.54, 1.807) is 0 Å². The smallest absolute Gasteiger partial charge is 0.325 e. The van der Waals surface area contributed by atoms with E-state index >= 15 is 0 Å². The summed E-state index contributed by atoms with van der Waals surface area (Å²) in [5.41, 5.74) is 9.93. The summed E-state index contributed by atoms with van der Waals surface area (Å²) in [5, 5.41) is 7.41. The lowest BCUT2D eigenvalue weighted by atomic mass is 10.4. The Labute approximate surface area is 99.6 Å². The van der Waals surface area contributed by atoms with Crippen molar-refractivity contribution in [1.82, 2.24) is 15.0 Å². The normalized spacial score (nSPS) is 10.9. The molecule has 0 fully saturated rings. The van der Waals surface area contributed by atoms with Crippen LogP contribution in [0.2, 0.25) is 0 Å². The molecule has 0 atom stereocenters. The molecule has 0 aliphatic carbocycles. The second kappa shape index (κ2) is 4.49. The first-order valence-corrected chi connectivity index (χ1v) is 4.82. The maximum Gasteiger partial charge on any atom is 0.325 e. The van der Waals surface area contributed by atoms with Gasteiger partial charge in [0.05, 0.1) is 0 Å². The Morgan fingerprint density at radius 3 is 2.50 bits per heavy atom. The molecule has 0 bridgehead atoms. The second-order valence-electron chi connectivity index (χ2n) is 3.30. The third kappa shape index (κ3) is 2.40. The molecule has 6 N–H and O–H groups in total. The first-order valence-electron chi connectivity index (χ1n) is 4.82. The predicted molar refractivity (Wildman–Crippen MR) is 64.9 cm³/mol. The zero-order valence-corrected chi connectivity index (χ0v) is 9.04. The van der Waals surface area contributed by atoms with E-state index < -0.39 is 11.2 Å². The van der Waals surface area contributed by atoms with Crippen molar-refractivity contribution in [2.45, 2.75) is 0 Å². The summed E-state index contributed by atoms with van der Waals surface area (Å²) in [6, 6.07) is 3.02. The van der Waals surface area contributed by atoms with Gasteiger partial charge in [-0.3, -0.25) is 9.78 Å². The summed E-state index contributed by atoms with van der Waals surface area (Å²) in [6.07, 6.45) is 1.14. The van der Waals surface area contributed by atoms with Crippen LogP contribution in [0.1, 0.15) is 0 Å². The van der Waals surface area contributed by atoms with Gasteiger partial charge in [0.1, 0.15) is 11.5 Å². The molecule has 2 rings (SSSR count). The van der Waals surface area contributed by atoms with E-state index in [9.17, 15) is 9.59 Å². The number of aromatic amines is 2. The molecule has 0 saturated heterocycles. The van der Waals surface area contributed by atoms with Crippen LogP contribution in [0.3, 0.4) is 0 Å². The molecule has 0 unspecified atom stereocenters. The van der Waals surface area contributed by atoms with Gasteiger partial charge in [0.25, 0.3) is 5.56 Å². The Balaban J connectivity index is 2.36. The number of aromatic nitrogens is 3. The fourth-order valence-electron chi connectivity index (χ4n) is 1.15. The minimum atomic E-state index is -0.649. The van der Waals surface area contributed by atoms with Crippen molar-refractivity contribution in [1.29, 1.82) is 0 Å². The molecule has 0 aliphatic rings. The molecule has 0 aromatic carbocycles. The van der Waals surface area contributed by atoms with E-state index in [1.807, 2.05) is 4.98 Å². The molecule has 2 aromatic heterocycles. The third-order valence-electron chi connectivity index (χ3n) is 1.99. The Bertz CT molecular complexity index is 715. The summed E-state index contributed by atoms with van der Waals surface area (Å²) in [5.74, 6) is 0.355. The molecule has 0 amide bonds. The lowest BCUT2D eigenvalue weighted by molar-refractivity contribution is 1.02. The number of nitrogen functional groups attached to an aromatic ring is 2. The van der Waals surface area contributed by atoms with Crippen LogP contribution in [0.5, 0.6) is 0 Å². The Morgan fingerprint density at radius 1 is 1.11 bits per heavy atom. The Kier molecular flexibility index (Phi) is 2.87. The second-order valence-corrected chi connectivity index (χ2v) is 3.30. The van der Waals surface area contributed by atoms with Crippen molar-refractivity contribution in [3.8, 4) is 0 Å². The highest BCUT2D eigenvalue weighted by Crippen LogP contribution is 2.22. The molecule has 9 heteroatoms. The lowest BCUT2D eigenvalue weighted by Gasteiger charge is -1.98. The van der Waals surface area contributed by atoms with Crippen molar-refractivity contribution in [2.24, 2.45) is 10.2 Å². The van der Waals surface area contributed by atoms with Crippen molar-refractivity contribution >= 4 is 23.0 Å². The van der Waals surface area contributed by atoms with Crippen molar-refractivity contribution in [3.63, 3.8) is 0 Å². The van der Waals surface area contributed by atoms with Crippen LogP contribution in [0, 0.1) is 0 Å². The number of pyridine rings is 1. The van der Waals surface area contributed by atoms with Gasteiger partial charge in [-0.15, -0.1) is 10.2 Å². The van der Waals surface area contributed by atoms with Crippen molar-refractivity contribution in [3.05, 3.63) is 39.2 Å². The number of rotatable bonds is 2. The molecule has 18 heavy (non-hydrogen) atoms. The van der Waals surface area contributed by atoms with Gasteiger partial charge in [0.15, 0.2) is 11.5 Å². The minimum absolute atomic E-state index is 0.0502. The van der Waals surface area contributed by atoms with Crippen LogP contribution in [0.15, 0.2) is 38.1 Å². The summed E-state index contributed by atoms with van der Waals surface area (Å²) in [6.45, 7) is 0. The molecule has 0 aliphatic heterocycles. The predicted octanol–water partition coefficient (Wildman–Crippen LogP) is 0.0380. The van der Waals surface area contributed by atoms with Gasteiger partial charge in [-0.1, -0.05) is 0 Å². The van der Waals surface area contributed by atoms with Gasteiger partial charge < -0.3 is 16.5 Å². The molecule has 0 radical (unpaired) electrons. The molecule has 2 heterocycles. The Morgan fingerprint density at radius 2 is 1.83 bits per heavy atom. The maximum atomic E-state index is 11.3. The quantitative estimate of drug-likeness (QED) is 0.551. The van der Waals surface area contributed by atoms with E-state index in [2.05, 4.69) is 20.2 Å². The van der Waals surface area contributed by atoms with Crippen molar-refractivity contribution < 1.29 is 0 Å². The zero-order chi connectivity index (χ0) is 13.1. The van der Waals surface area contributed by atoms with E-state index in [4.69, 9.17) is 11.5 Å². The standard InChI is InChI=1S/C9H9N7O2/c10-6-2-1-4(7(11)13-6)15-16-5-3-12-9(18)14-8(5)17/h1-3H,(H4,10,11,13)(H2,12,14,17,18). The highest BCUT2D eigenvalue weighted by Gasteiger charge is 2.01. The van der Waals surface area contributed by atoms with Crippen LogP contribution < -0.4 is 22.7 Å². The molecule has 0 saturated carbocycles. The fourth-order valence-corrected chi connectivity index (χ4v) is 1.15. The average molecular weight is 247 g/mol. The summed E-state index contributed by atoms with van der Waals surface area (Å²) < 4.78 is 0. The minimum Gasteiger partial charge on any atom is -0.384 e. The summed E-state index contributed by atoms with van der Waals surface area (Å²) in [7, 11) is 0. The zero-order valence-electron chi connectivity index (χ0n) is 9.04. The van der Waals surface area contributed by atoms with Crippen LogP contribution >= 0.6 is 0 Å². The van der Waals surface area contributed by atoms with E-state index in [0.29, 0.717) is 0 Å². The molecule has 0 spiro atoms. The third-order valence-corrected chi connectivity index (χ3v) is 1.99. The van der Waals surface area contributed by atoms with Gasteiger partial charge >= 0.3 is 5.69 Å². The van der Waals surface area contributed by atoms with E-state index in [-0.39, 0.29) is 23.0 Å². The highest BCUT2D eigenvalue weighted by molar-refractivity contribution is 5.60. The van der Waals surface area contributed by atoms with Gasteiger partial charge in [0.2, 0.25) is 0 Å². The number of nitrogens with zero attached hydrogens (tertiary/aromatic N) is 3. The lowest BCUT2D eigenvalue weighted by Crippen LogP contribution is -2.20. The molecular weight excluding hydrogens is 238 g/mol. The highest BCUT2D eigenvalue weighted by atomic mass is 16.2. The van der Waals surface area contributed by atoms with Gasteiger partial charge in [0, 0.05) is 6.20 Å². The largest absolute Gasteiger partial charge is 0.384 e. The molecule has 92 valence electrons. The average Bonchev–Trinajstić information content (AvgIpc) is 2.30. The van der Waals surface area contributed by atoms with Crippen LogP contribution in [0.4, 0.5) is 23.0 Å². The number of hydrogen-bond acceptors (Lipinski definition) is 7. The maximum absolute atomic E-state index is 11.3. The topological polar surface area (TPSA) is 155 Å². The number of H-pyrrole nitrogens is 2. The fraction of sp³-hybridized carbons (Fsp3) is 0. The summed E-state index contributed by atoms with van der Waals surface area (Å²) in [4.78, 5) is 30.1. The van der Waals surface area contributed by atoms with Gasteiger partial charge in [-0.2, -0.15) is 0 Å². The molecular formula is C9H9N7O2. The van der Waals surface area contributed by atoms with E-state index in [1.165, 1.54) is 12.1 Å². The monoisotopic (exact) mass is 247 g/mol. The number of nitrogens with one attached hydrogen (secondary N) is 2. The number of azo groups is 1. The first kappa shape index (κ1) is 11.5. The van der Waals surface area contributed by atoms with Crippen molar-refractivity contribution in [2.75, 3.05) is 11.5 Å². The van der Waals surface area contributed by atoms with Gasteiger partial charge in [-0.25, -0.2) is 9.78 Å². The van der Waals surface area contributed by atoms with Gasteiger partial charge in [-0.05, 0) is 12.1 Å². The summed E-state index contributed by atoms with van der Waals surface area (Å²) >= 11 is 0. The molecule has 2 aromatic rings. The first-order chi connectivity index (χ1) is 8.56. The van der Waals surface area contributed by atoms with E-state index in [0.717, 1.165) is 6.20 Å². The van der Waals surface area contributed by atoms with Crippen LogP contribution in [0.25, 0.3) is 0 Å². The van der Waals surface area contributed by atoms with Crippen LogP contribution in [-0.2, 0) is 0 Å². The SMILES string of the molecule is Nc1ccc(N=Nc2c[nH]c(=O)[nH]c2=O)c(N)n1. The molecule has 9 nitrogen and oxygen atoms in total.